The van der Waals surface area contributed by atoms with Crippen molar-refractivity contribution >= 4 is 26.6 Å². The van der Waals surface area contributed by atoms with Crippen LogP contribution in [0.2, 0.25) is 0 Å². The van der Waals surface area contributed by atoms with E-state index in [0.29, 0.717) is 17.3 Å². The molecule has 1 saturated carbocycles. The van der Waals surface area contributed by atoms with E-state index in [1.165, 1.54) is 10.9 Å². The first-order valence-corrected chi connectivity index (χ1v) is 10.2. The average molecular weight is 361 g/mol. The minimum absolute atomic E-state index is 0.00778. The van der Waals surface area contributed by atoms with Crippen LogP contribution in [0.5, 0.6) is 0 Å². The van der Waals surface area contributed by atoms with Gasteiger partial charge in [-0.1, -0.05) is 12.1 Å². The van der Waals surface area contributed by atoms with Crippen LogP contribution in [0.3, 0.4) is 0 Å². The molecule has 7 nitrogen and oxygen atoms in total. The summed E-state index contributed by atoms with van der Waals surface area (Å²) in [7, 11) is -3.05. The fourth-order valence-corrected chi connectivity index (χ4v) is 5.26. The van der Waals surface area contributed by atoms with Crippen LogP contribution in [0.1, 0.15) is 19.3 Å². The predicted molar refractivity (Wildman–Crippen MR) is 92.9 cm³/mol. The first kappa shape index (κ1) is 16.3. The predicted octanol–water partition coefficient (Wildman–Crippen LogP) is 0.575. The van der Waals surface area contributed by atoms with E-state index in [4.69, 9.17) is 0 Å². The second-order valence-corrected chi connectivity index (χ2v) is 9.00. The van der Waals surface area contributed by atoms with Crippen LogP contribution in [0, 0.1) is 0 Å². The molecule has 1 aromatic carbocycles. The highest BCUT2D eigenvalue weighted by Gasteiger charge is 2.42. The number of hydrogen-bond donors (Lipinski definition) is 0. The number of carbonyl (C=O) groups is 1. The van der Waals surface area contributed by atoms with E-state index in [1.54, 1.807) is 29.2 Å². The van der Waals surface area contributed by atoms with Gasteiger partial charge in [0.15, 0.2) is 9.84 Å². The Balaban J connectivity index is 1.63. The molecule has 0 N–H and O–H groups in total. The molecule has 0 unspecified atom stereocenters. The number of nitrogens with zero attached hydrogens (tertiary/aromatic N) is 3. The fourth-order valence-electron chi connectivity index (χ4n) is 3.55. The molecule has 1 saturated heterocycles. The van der Waals surface area contributed by atoms with Crippen molar-refractivity contribution in [2.45, 2.75) is 37.9 Å². The highest BCUT2D eigenvalue weighted by molar-refractivity contribution is 7.91. The zero-order valence-corrected chi connectivity index (χ0v) is 14.5. The molecule has 8 heteroatoms. The highest BCUT2D eigenvalue weighted by atomic mass is 32.2. The summed E-state index contributed by atoms with van der Waals surface area (Å²) in [6, 6.07) is 6.94. The van der Waals surface area contributed by atoms with Crippen LogP contribution in [0.4, 0.5) is 0 Å². The number of para-hydroxylation sites is 1. The summed E-state index contributed by atoms with van der Waals surface area (Å²) in [5.41, 5.74) is 0.429. The van der Waals surface area contributed by atoms with Gasteiger partial charge in [0.1, 0.15) is 6.54 Å². The molecule has 1 aliphatic heterocycles. The number of benzene rings is 1. The standard InChI is InChI=1S/C17H19N3O4S/c21-16-9-18-19(15-4-2-1-3-14(15)16)10-17(22)20(12-5-6-12)13-7-8-25(23,24)11-13/h1-4,9,12-13H,5-8,10-11H2/t13-/m0/s1. The third-order valence-electron chi connectivity index (χ3n) is 4.88. The van der Waals surface area contributed by atoms with Crippen LogP contribution >= 0.6 is 0 Å². The molecule has 1 aromatic heterocycles. The maximum Gasteiger partial charge on any atom is 0.244 e. The summed E-state index contributed by atoms with van der Waals surface area (Å²) in [5.74, 6) is 0.0620. The normalized spacial score (nSPS) is 22.2. The Bertz CT molecular complexity index is 994. The van der Waals surface area contributed by atoms with E-state index in [2.05, 4.69) is 5.10 Å². The van der Waals surface area contributed by atoms with E-state index in [-0.39, 0.29) is 41.5 Å². The average Bonchev–Trinajstić information content (AvgIpc) is 3.34. The highest BCUT2D eigenvalue weighted by Crippen LogP contribution is 2.32. The molecule has 1 atom stereocenters. The Labute approximate surface area is 145 Å². The Morgan fingerprint density at radius 3 is 2.64 bits per heavy atom. The Kier molecular flexibility index (Phi) is 3.87. The van der Waals surface area contributed by atoms with Gasteiger partial charge in [-0.25, -0.2) is 8.42 Å². The van der Waals surface area contributed by atoms with Crippen LogP contribution in [0.15, 0.2) is 35.3 Å². The molecule has 2 fully saturated rings. The van der Waals surface area contributed by atoms with Gasteiger partial charge in [-0.05, 0) is 31.4 Å². The van der Waals surface area contributed by atoms with E-state index in [1.807, 2.05) is 0 Å². The quantitative estimate of drug-likeness (QED) is 0.794. The van der Waals surface area contributed by atoms with Crippen molar-refractivity contribution in [3.63, 3.8) is 0 Å². The number of sulfone groups is 1. The molecule has 2 aromatic rings. The summed E-state index contributed by atoms with van der Waals surface area (Å²) >= 11 is 0. The second kappa shape index (κ2) is 5.94. The van der Waals surface area contributed by atoms with Crippen molar-refractivity contribution in [1.82, 2.24) is 14.7 Å². The third kappa shape index (κ3) is 3.18. The number of fused-ring (bicyclic) bond motifs is 1. The first-order chi connectivity index (χ1) is 11.9. The number of aromatic nitrogens is 2. The molecule has 25 heavy (non-hydrogen) atoms. The van der Waals surface area contributed by atoms with Gasteiger partial charge in [0.25, 0.3) is 0 Å². The Hall–Kier alpha value is -2.22. The Morgan fingerprint density at radius 1 is 1.20 bits per heavy atom. The summed E-state index contributed by atoms with van der Waals surface area (Å²) in [6.07, 6.45) is 3.56. The molecule has 2 aliphatic rings. The molecular weight excluding hydrogens is 342 g/mol. The maximum absolute atomic E-state index is 12.9. The summed E-state index contributed by atoms with van der Waals surface area (Å²) in [6.45, 7) is 0.00778. The Morgan fingerprint density at radius 2 is 1.96 bits per heavy atom. The number of hydrogen-bond acceptors (Lipinski definition) is 5. The zero-order chi connectivity index (χ0) is 17.6. The molecule has 2 heterocycles. The molecule has 0 bridgehead atoms. The van der Waals surface area contributed by atoms with Crippen molar-refractivity contribution in [1.29, 1.82) is 0 Å². The first-order valence-electron chi connectivity index (χ1n) is 8.41. The smallest absolute Gasteiger partial charge is 0.244 e. The number of carbonyl (C=O) groups excluding carboxylic acids is 1. The minimum atomic E-state index is -3.05. The van der Waals surface area contributed by atoms with E-state index in [0.717, 1.165) is 12.8 Å². The zero-order valence-electron chi connectivity index (χ0n) is 13.7. The lowest BCUT2D eigenvalue weighted by atomic mass is 10.2. The lowest BCUT2D eigenvalue weighted by molar-refractivity contribution is -0.134. The van der Waals surface area contributed by atoms with Gasteiger partial charge in [0.05, 0.1) is 23.2 Å². The fraction of sp³-hybridized carbons (Fsp3) is 0.471. The maximum atomic E-state index is 12.9. The molecule has 1 amide bonds. The van der Waals surface area contributed by atoms with Gasteiger partial charge >= 0.3 is 0 Å². The van der Waals surface area contributed by atoms with Crippen LogP contribution < -0.4 is 5.43 Å². The molecule has 0 spiro atoms. The van der Waals surface area contributed by atoms with Crippen molar-refractivity contribution in [2.75, 3.05) is 11.5 Å². The molecule has 4 rings (SSSR count). The summed E-state index contributed by atoms with van der Waals surface area (Å²) in [5, 5.41) is 4.62. The van der Waals surface area contributed by atoms with E-state index in [9.17, 15) is 18.0 Å². The molecule has 1 aliphatic carbocycles. The number of rotatable bonds is 4. The van der Waals surface area contributed by atoms with Crippen LogP contribution in [-0.2, 0) is 21.2 Å². The molecule has 132 valence electrons. The van der Waals surface area contributed by atoms with E-state index >= 15 is 0 Å². The third-order valence-corrected chi connectivity index (χ3v) is 6.63. The van der Waals surface area contributed by atoms with Gasteiger partial charge in [0.2, 0.25) is 11.3 Å². The van der Waals surface area contributed by atoms with Gasteiger partial charge < -0.3 is 4.90 Å². The van der Waals surface area contributed by atoms with Crippen molar-refractivity contribution in [3.8, 4) is 0 Å². The van der Waals surface area contributed by atoms with E-state index < -0.39 is 9.84 Å². The lowest BCUT2D eigenvalue weighted by Crippen LogP contribution is -2.44. The topological polar surface area (TPSA) is 89.3 Å². The SMILES string of the molecule is O=C(Cn1ncc(=O)c2ccccc21)N(C1CC1)[C@H]1CCS(=O)(=O)C1. The molecular formula is C17H19N3O4S. The van der Waals surface area contributed by atoms with Gasteiger partial charge in [-0.2, -0.15) is 5.10 Å². The van der Waals surface area contributed by atoms with Gasteiger partial charge in [0, 0.05) is 17.5 Å². The number of amides is 1. The second-order valence-electron chi connectivity index (χ2n) is 6.77. The van der Waals surface area contributed by atoms with Gasteiger partial charge in [-0.3, -0.25) is 14.3 Å². The van der Waals surface area contributed by atoms with Crippen LogP contribution in [0.25, 0.3) is 10.9 Å². The lowest BCUT2D eigenvalue weighted by Gasteiger charge is -2.28. The summed E-state index contributed by atoms with van der Waals surface area (Å²) < 4.78 is 25.1. The van der Waals surface area contributed by atoms with Crippen molar-refractivity contribution in [2.24, 2.45) is 0 Å². The van der Waals surface area contributed by atoms with Crippen molar-refractivity contribution < 1.29 is 13.2 Å². The van der Waals surface area contributed by atoms with Crippen molar-refractivity contribution in [3.05, 3.63) is 40.7 Å². The minimum Gasteiger partial charge on any atom is -0.334 e. The van der Waals surface area contributed by atoms with Crippen LogP contribution in [-0.4, -0.2) is 52.6 Å². The molecule has 0 radical (unpaired) electrons. The van der Waals surface area contributed by atoms with Gasteiger partial charge in [-0.15, -0.1) is 0 Å². The summed E-state index contributed by atoms with van der Waals surface area (Å²) in [4.78, 5) is 26.6. The monoisotopic (exact) mass is 361 g/mol. The largest absolute Gasteiger partial charge is 0.334 e.